The van der Waals surface area contributed by atoms with E-state index in [1.807, 2.05) is 30.3 Å². The Morgan fingerprint density at radius 3 is 2.61 bits per heavy atom. The third-order valence-corrected chi connectivity index (χ3v) is 9.46. The van der Waals surface area contributed by atoms with Gasteiger partial charge in [-0.05, 0) is 36.8 Å². The molecule has 4 heterocycles. The van der Waals surface area contributed by atoms with Gasteiger partial charge in [-0.25, -0.2) is 13.4 Å². The van der Waals surface area contributed by atoms with Gasteiger partial charge in [0.2, 0.25) is 0 Å². The first-order chi connectivity index (χ1) is 15.8. The van der Waals surface area contributed by atoms with Crippen LogP contribution < -0.4 is 5.56 Å². The number of thiocarbonyl (C=S) groups is 1. The summed E-state index contributed by atoms with van der Waals surface area (Å²) >= 11 is 7.82. The summed E-state index contributed by atoms with van der Waals surface area (Å²) in [5, 5.41) is 0.478. The lowest BCUT2D eigenvalue weighted by Gasteiger charge is -2.20. The van der Waals surface area contributed by atoms with Crippen LogP contribution >= 0.6 is 35.7 Å². The average molecular weight is 516 g/mol. The van der Waals surface area contributed by atoms with Crippen molar-refractivity contribution in [2.24, 2.45) is 0 Å². The summed E-state index contributed by atoms with van der Waals surface area (Å²) in [5.41, 5.74) is 0.488. The van der Waals surface area contributed by atoms with Gasteiger partial charge in [0, 0.05) is 11.1 Å². The van der Waals surface area contributed by atoms with Crippen molar-refractivity contribution in [2.45, 2.75) is 22.4 Å². The molecule has 5 rings (SSSR count). The van der Waals surface area contributed by atoms with Crippen LogP contribution in [0, 0.1) is 0 Å². The molecule has 0 saturated carbocycles. The van der Waals surface area contributed by atoms with Crippen LogP contribution in [0.15, 0.2) is 74.3 Å². The fourth-order valence-corrected chi connectivity index (χ4v) is 7.78. The van der Waals surface area contributed by atoms with Gasteiger partial charge in [0.15, 0.2) is 9.84 Å². The standard InChI is InChI=1S/C22H17N3O4S4/c26-20-16(12-17-21(27)25(22(30)32-17)14-9-11-33(28,29)13-14)19(31-15-6-2-1-3-7-15)23-18-8-4-5-10-24(18)20/h1-8,10,12,14H,9,11,13H2/b17-12+. The van der Waals surface area contributed by atoms with Crippen LogP contribution in [0.5, 0.6) is 0 Å². The normalized spacial score (nSPS) is 21.4. The first-order valence-corrected chi connectivity index (χ1v) is 13.9. The molecule has 2 aliphatic rings. The van der Waals surface area contributed by atoms with Crippen LogP contribution in [0.2, 0.25) is 0 Å². The van der Waals surface area contributed by atoms with Crippen molar-refractivity contribution >= 4 is 67.5 Å². The van der Waals surface area contributed by atoms with Crippen molar-refractivity contribution in [1.29, 1.82) is 0 Å². The smallest absolute Gasteiger partial charge is 0.266 e. The van der Waals surface area contributed by atoms with E-state index < -0.39 is 15.9 Å². The Bertz CT molecular complexity index is 1480. The number of carbonyl (C=O) groups is 1. The van der Waals surface area contributed by atoms with Gasteiger partial charge in [-0.1, -0.05) is 60.0 Å². The van der Waals surface area contributed by atoms with Crippen molar-refractivity contribution < 1.29 is 13.2 Å². The second-order valence-electron chi connectivity index (χ2n) is 7.59. The van der Waals surface area contributed by atoms with E-state index in [0.29, 0.717) is 21.4 Å². The molecular weight excluding hydrogens is 499 g/mol. The highest BCUT2D eigenvalue weighted by Gasteiger charge is 2.42. The highest BCUT2D eigenvalue weighted by atomic mass is 32.2. The monoisotopic (exact) mass is 515 g/mol. The quantitative estimate of drug-likeness (QED) is 0.297. The van der Waals surface area contributed by atoms with Crippen molar-refractivity contribution in [3.63, 3.8) is 0 Å². The molecule has 33 heavy (non-hydrogen) atoms. The number of pyridine rings is 1. The molecule has 3 aromatic rings. The van der Waals surface area contributed by atoms with E-state index in [-0.39, 0.29) is 33.4 Å². The Morgan fingerprint density at radius 1 is 1.12 bits per heavy atom. The number of hydrogen-bond acceptors (Lipinski definition) is 8. The van der Waals surface area contributed by atoms with Crippen molar-refractivity contribution in [2.75, 3.05) is 11.5 Å². The number of carbonyl (C=O) groups excluding carboxylic acids is 1. The Hall–Kier alpha value is -2.47. The molecule has 168 valence electrons. The summed E-state index contributed by atoms with van der Waals surface area (Å²) in [5.74, 6) is -0.427. The van der Waals surface area contributed by atoms with E-state index in [1.54, 1.807) is 24.4 Å². The molecule has 0 spiro atoms. The third kappa shape index (κ3) is 4.37. The van der Waals surface area contributed by atoms with Crippen molar-refractivity contribution in [3.05, 3.63) is 75.6 Å². The topological polar surface area (TPSA) is 88.8 Å². The number of sulfone groups is 1. The molecule has 2 aromatic heterocycles. The minimum absolute atomic E-state index is 0.0432. The summed E-state index contributed by atoms with van der Waals surface area (Å²) in [7, 11) is -3.18. The number of nitrogens with zero attached hydrogens (tertiary/aromatic N) is 3. The van der Waals surface area contributed by atoms with Crippen LogP contribution in [0.3, 0.4) is 0 Å². The van der Waals surface area contributed by atoms with Gasteiger partial charge in [0.25, 0.3) is 11.5 Å². The summed E-state index contributed by atoms with van der Waals surface area (Å²) in [6.07, 6.45) is 3.52. The molecular formula is C22H17N3O4S4. The average Bonchev–Trinajstić information content (AvgIpc) is 3.28. The maximum Gasteiger partial charge on any atom is 0.266 e. The van der Waals surface area contributed by atoms with E-state index in [9.17, 15) is 18.0 Å². The maximum absolute atomic E-state index is 13.4. The minimum Gasteiger partial charge on any atom is -0.289 e. The highest BCUT2D eigenvalue weighted by molar-refractivity contribution is 8.26. The third-order valence-electron chi connectivity index (χ3n) is 5.36. The van der Waals surface area contributed by atoms with Gasteiger partial charge < -0.3 is 0 Å². The molecule has 0 bridgehead atoms. The molecule has 0 radical (unpaired) electrons. The number of amides is 1. The van der Waals surface area contributed by atoms with Crippen LogP contribution in [0.4, 0.5) is 0 Å². The van der Waals surface area contributed by atoms with Gasteiger partial charge in [-0.3, -0.25) is 18.9 Å². The van der Waals surface area contributed by atoms with Crippen LogP contribution in [-0.4, -0.2) is 50.5 Å². The molecule has 7 nitrogen and oxygen atoms in total. The molecule has 1 amide bonds. The predicted octanol–water partition coefficient (Wildman–Crippen LogP) is 3.23. The predicted molar refractivity (Wildman–Crippen MR) is 134 cm³/mol. The molecule has 1 atom stereocenters. The zero-order chi connectivity index (χ0) is 23.2. The first-order valence-electron chi connectivity index (χ1n) is 10.0. The Morgan fingerprint density at radius 2 is 1.88 bits per heavy atom. The van der Waals surface area contributed by atoms with Crippen LogP contribution in [0.1, 0.15) is 12.0 Å². The molecule has 11 heteroatoms. The molecule has 1 unspecified atom stereocenters. The largest absolute Gasteiger partial charge is 0.289 e. The van der Waals surface area contributed by atoms with Crippen molar-refractivity contribution in [1.82, 2.24) is 14.3 Å². The van der Waals surface area contributed by atoms with Crippen LogP contribution in [0.25, 0.3) is 11.7 Å². The van der Waals surface area contributed by atoms with Gasteiger partial charge in [-0.15, -0.1) is 0 Å². The molecule has 2 aliphatic heterocycles. The summed E-state index contributed by atoms with van der Waals surface area (Å²) in [4.78, 5) is 33.8. The second kappa shape index (κ2) is 8.71. The Balaban J connectivity index is 1.58. The highest BCUT2D eigenvalue weighted by Crippen LogP contribution is 2.37. The molecule has 1 aromatic carbocycles. The molecule has 0 aliphatic carbocycles. The summed E-state index contributed by atoms with van der Waals surface area (Å²) in [6, 6.07) is 14.4. The number of aromatic nitrogens is 2. The zero-order valence-electron chi connectivity index (χ0n) is 17.1. The summed E-state index contributed by atoms with van der Waals surface area (Å²) in [6.45, 7) is 0. The number of hydrogen-bond donors (Lipinski definition) is 0. The van der Waals surface area contributed by atoms with E-state index in [2.05, 4.69) is 4.98 Å². The Labute approximate surface area is 203 Å². The minimum atomic E-state index is -3.18. The number of rotatable bonds is 4. The molecule has 2 fully saturated rings. The number of thioether (sulfide) groups is 1. The zero-order valence-corrected chi connectivity index (χ0v) is 20.3. The maximum atomic E-state index is 13.4. The van der Waals surface area contributed by atoms with Gasteiger partial charge in [0.1, 0.15) is 15.0 Å². The lowest BCUT2D eigenvalue weighted by atomic mass is 10.2. The number of benzene rings is 1. The first kappa shape index (κ1) is 22.3. The van der Waals surface area contributed by atoms with E-state index >= 15 is 0 Å². The van der Waals surface area contributed by atoms with Gasteiger partial charge in [0.05, 0.1) is 28.0 Å². The molecule has 2 saturated heterocycles. The summed E-state index contributed by atoms with van der Waals surface area (Å²) < 4.78 is 25.6. The lowest BCUT2D eigenvalue weighted by molar-refractivity contribution is -0.123. The Kier molecular flexibility index (Phi) is 5.89. The van der Waals surface area contributed by atoms with E-state index in [4.69, 9.17) is 12.2 Å². The lowest BCUT2D eigenvalue weighted by Crippen LogP contribution is -2.39. The van der Waals surface area contributed by atoms with Crippen molar-refractivity contribution in [3.8, 4) is 0 Å². The SMILES string of the molecule is O=C1/C(=C\c2c(Sc3ccccc3)nc3ccccn3c2=O)SC(=S)N1C1CCS(=O)(=O)C1. The van der Waals surface area contributed by atoms with Gasteiger partial charge >= 0.3 is 0 Å². The fraction of sp³-hybridized carbons (Fsp3) is 0.182. The second-order valence-corrected chi connectivity index (χ2v) is 12.6. The van der Waals surface area contributed by atoms with E-state index in [1.165, 1.54) is 27.1 Å². The molecule has 0 N–H and O–H groups in total. The number of fused-ring (bicyclic) bond motifs is 1. The van der Waals surface area contributed by atoms with E-state index in [0.717, 1.165) is 16.7 Å². The van der Waals surface area contributed by atoms with Gasteiger partial charge in [-0.2, -0.15) is 0 Å². The fourth-order valence-electron chi connectivity index (χ4n) is 3.79. The van der Waals surface area contributed by atoms with Crippen LogP contribution in [-0.2, 0) is 14.6 Å².